The van der Waals surface area contributed by atoms with E-state index in [-0.39, 0.29) is 42.6 Å². The molecule has 6 nitrogen and oxygen atoms in total. The largest absolute Gasteiger partial charge is 0.395 e. The van der Waals surface area contributed by atoms with Gasteiger partial charge < -0.3 is 20.2 Å². The standard InChI is InChI=1S/C21H31N3O3/c1-3-20(17-7-5-4-6-8-17)9-11-21(12-10-20)16-24(19(27)22-21)15-18(26)23(2)13-14-25/h4-8,25H,3,9-16H2,1-2H3,(H,22,27). The topological polar surface area (TPSA) is 72.9 Å². The summed E-state index contributed by atoms with van der Waals surface area (Å²) in [6.07, 6.45) is 5.03. The lowest BCUT2D eigenvalue weighted by atomic mass is 9.63. The molecule has 1 saturated carbocycles. The third kappa shape index (κ3) is 3.95. The van der Waals surface area contributed by atoms with Crippen LogP contribution in [0.4, 0.5) is 4.79 Å². The quantitative estimate of drug-likeness (QED) is 0.802. The van der Waals surface area contributed by atoms with E-state index in [1.54, 1.807) is 11.9 Å². The third-order valence-electron chi connectivity index (χ3n) is 6.57. The minimum absolute atomic E-state index is 0.0711. The number of aliphatic hydroxyl groups excluding tert-OH is 1. The van der Waals surface area contributed by atoms with Gasteiger partial charge >= 0.3 is 6.03 Å². The van der Waals surface area contributed by atoms with E-state index in [2.05, 4.69) is 42.6 Å². The van der Waals surface area contributed by atoms with Gasteiger partial charge in [-0.15, -0.1) is 0 Å². The van der Waals surface area contributed by atoms with Crippen LogP contribution >= 0.6 is 0 Å². The van der Waals surface area contributed by atoms with Gasteiger partial charge in [0.2, 0.25) is 5.91 Å². The van der Waals surface area contributed by atoms with Crippen LogP contribution < -0.4 is 5.32 Å². The van der Waals surface area contributed by atoms with Crippen molar-refractivity contribution < 1.29 is 14.7 Å². The third-order valence-corrected chi connectivity index (χ3v) is 6.57. The summed E-state index contributed by atoms with van der Waals surface area (Å²) in [7, 11) is 1.65. The van der Waals surface area contributed by atoms with Gasteiger partial charge in [0.1, 0.15) is 6.54 Å². The smallest absolute Gasteiger partial charge is 0.318 e. The van der Waals surface area contributed by atoms with Crippen LogP contribution in [-0.4, -0.2) is 65.7 Å². The molecule has 2 N–H and O–H groups in total. The first-order valence-corrected chi connectivity index (χ1v) is 9.91. The summed E-state index contributed by atoms with van der Waals surface area (Å²) >= 11 is 0. The second-order valence-corrected chi connectivity index (χ2v) is 8.11. The second kappa shape index (κ2) is 7.89. The van der Waals surface area contributed by atoms with Gasteiger partial charge in [-0.1, -0.05) is 37.3 Å². The van der Waals surface area contributed by atoms with Crippen molar-refractivity contribution in [3.8, 4) is 0 Å². The highest BCUT2D eigenvalue weighted by Crippen LogP contribution is 2.46. The Morgan fingerprint density at radius 2 is 1.89 bits per heavy atom. The Kier molecular flexibility index (Phi) is 5.75. The van der Waals surface area contributed by atoms with Crippen molar-refractivity contribution in [3.05, 3.63) is 35.9 Å². The highest BCUT2D eigenvalue weighted by atomic mass is 16.3. The fraction of sp³-hybridized carbons (Fsp3) is 0.619. The van der Waals surface area contributed by atoms with Crippen LogP contribution in [0.15, 0.2) is 30.3 Å². The highest BCUT2D eigenvalue weighted by Gasteiger charge is 2.48. The van der Waals surface area contributed by atoms with E-state index < -0.39 is 0 Å². The number of aliphatic hydroxyl groups is 1. The number of hydrogen-bond acceptors (Lipinski definition) is 3. The fourth-order valence-corrected chi connectivity index (χ4v) is 4.60. The predicted molar refractivity (Wildman–Crippen MR) is 104 cm³/mol. The Bertz CT molecular complexity index is 669. The second-order valence-electron chi connectivity index (χ2n) is 8.11. The van der Waals surface area contributed by atoms with Gasteiger partial charge in [0.25, 0.3) is 0 Å². The van der Waals surface area contributed by atoms with Gasteiger partial charge in [-0.05, 0) is 43.1 Å². The van der Waals surface area contributed by atoms with E-state index in [9.17, 15) is 9.59 Å². The molecule has 6 heteroatoms. The number of hydrogen-bond donors (Lipinski definition) is 2. The summed E-state index contributed by atoms with van der Waals surface area (Å²) in [6, 6.07) is 10.5. The zero-order valence-corrected chi connectivity index (χ0v) is 16.4. The van der Waals surface area contributed by atoms with Crippen molar-refractivity contribution >= 4 is 11.9 Å². The number of urea groups is 1. The van der Waals surface area contributed by atoms with E-state index in [0.717, 1.165) is 32.1 Å². The zero-order chi connectivity index (χ0) is 19.5. The van der Waals surface area contributed by atoms with Crippen molar-refractivity contribution in [3.63, 3.8) is 0 Å². The number of likely N-dealkylation sites (N-methyl/N-ethyl adjacent to an activating group) is 1. The van der Waals surface area contributed by atoms with Crippen LogP contribution in [0.1, 0.15) is 44.6 Å². The Hall–Kier alpha value is -2.08. The minimum atomic E-state index is -0.222. The summed E-state index contributed by atoms with van der Waals surface area (Å²) in [4.78, 5) is 27.8. The van der Waals surface area contributed by atoms with Gasteiger partial charge in [0.05, 0.1) is 12.1 Å². The molecule has 3 amide bonds. The van der Waals surface area contributed by atoms with Crippen molar-refractivity contribution in [2.45, 2.75) is 50.0 Å². The molecule has 1 aliphatic heterocycles. The normalized spacial score (nSPS) is 27.7. The molecule has 0 bridgehead atoms. The van der Waals surface area contributed by atoms with Gasteiger partial charge in [-0.3, -0.25) is 4.79 Å². The number of rotatable bonds is 6. The molecule has 0 atom stereocenters. The van der Waals surface area contributed by atoms with Crippen molar-refractivity contribution in [2.24, 2.45) is 0 Å². The van der Waals surface area contributed by atoms with Gasteiger partial charge in [0.15, 0.2) is 0 Å². The van der Waals surface area contributed by atoms with E-state index in [1.165, 1.54) is 10.5 Å². The minimum Gasteiger partial charge on any atom is -0.395 e. The molecular formula is C21H31N3O3. The van der Waals surface area contributed by atoms with E-state index in [0.29, 0.717) is 6.54 Å². The number of carbonyl (C=O) groups is 2. The molecule has 0 radical (unpaired) electrons. The molecule has 0 aromatic heterocycles. The van der Waals surface area contributed by atoms with Crippen LogP contribution in [0.3, 0.4) is 0 Å². The van der Waals surface area contributed by atoms with Gasteiger partial charge in [0, 0.05) is 20.1 Å². The molecule has 0 unspecified atom stereocenters. The lowest BCUT2D eigenvalue weighted by molar-refractivity contribution is -0.130. The van der Waals surface area contributed by atoms with E-state index in [1.807, 2.05) is 0 Å². The Labute approximate surface area is 161 Å². The highest BCUT2D eigenvalue weighted by molar-refractivity contribution is 5.85. The number of benzene rings is 1. The molecule has 27 heavy (non-hydrogen) atoms. The molecule has 2 fully saturated rings. The first kappa shape index (κ1) is 19.7. The number of carbonyl (C=O) groups excluding carboxylic acids is 2. The molecule has 1 aromatic rings. The molecule has 1 spiro atoms. The molecule has 1 aliphatic carbocycles. The maximum atomic E-state index is 12.5. The average Bonchev–Trinajstić information content (AvgIpc) is 2.98. The molecule has 1 aromatic carbocycles. The average molecular weight is 373 g/mol. The van der Waals surface area contributed by atoms with Crippen molar-refractivity contribution in [2.75, 3.05) is 33.3 Å². The maximum absolute atomic E-state index is 12.5. The van der Waals surface area contributed by atoms with Crippen LogP contribution in [0, 0.1) is 0 Å². The van der Waals surface area contributed by atoms with Gasteiger partial charge in [-0.2, -0.15) is 0 Å². The summed E-state index contributed by atoms with van der Waals surface area (Å²) in [6.45, 7) is 3.12. The van der Waals surface area contributed by atoms with Crippen molar-refractivity contribution in [1.82, 2.24) is 15.1 Å². The Balaban J connectivity index is 1.64. The summed E-state index contributed by atoms with van der Waals surface area (Å²) in [5.74, 6) is -0.140. The molecule has 3 rings (SSSR count). The summed E-state index contributed by atoms with van der Waals surface area (Å²) < 4.78 is 0. The number of nitrogens with one attached hydrogen (secondary N) is 1. The maximum Gasteiger partial charge on any atom is 0.318 e. The number of amides is 3. The van der Waals surface area contributed by atoms with Crippen LogP contribution in [0.5, 0.6) is 0 Å². The van der Waals surface area contributed by atoms with E-state index in [4.69, 9.17) is 5.11 Å². The van der Waals surface area contributed by atoms with Crippen LogP contribution in [0.2, 0.25) is 0 Å². The van der Waals surface area contributed by atoms with E-state index >= 15 is 0 Å². The number of nitrogens with zero attached hydrogens (tertiary/aromatic N) is 2. The van der Waals surface area contributed by atoms with Crippen LogP contribution in [-0.2, 0) is 10.2 Å². The first-order valence-electron chi connectivity index (χ1n) is 9.91. The molecular weight excluding hydrogens is 342 g/mol. The Morgan fingerprint density at radius 1 is 1.22 bits per heavy atom. The molecule has 2 aliphatic rings. The zero-order valence-electron chi connectivity index (χ0n) is 16.4. The molecule has 1 saturated heterocycles. The SMILES string of the molecule is CCC1(c2ccccc2)CCC2(CC1)CN(CC(=O)N(C)CCO)C(=O)N2. The molecule has 148 valence electrons. The van der Waals surface area contributed by atoms with Crippen LogP contribution in [0.25, 0.3) is 0 Å². The predicted octanol–water partition coefficient (Wildman–Crippen LogP) is 2.12. The summed E-state index contributed by atoms with van der Waals surface area (Å²) in [5.41, 5.74) is 1.35. The summed E-state index contributed by atoms with van der Waals surface area (Å²) in [5, 5.41) is 12.2. The van der Waals surface area contributed by atoms with Gasteiger partial charge in [-0.25, -0.2) is 4.79 Å². The lowest BCUT2D eigenvalue weighted by Gasteiger charge is -2.44. The Morgan fingerprint density at radius 3 is 2.48 bits per heavy atom. The van der Waals surface area contributed by atoms with Crippen molar-refractivity contribution in [1.29, 1.82) is 0 Å². The monoisotopic (exact) mass is 373 g/mol. The lowest BCUT2D eigenvalue weighted by Crippen LogP contribution is -2.49. The first-order chi connectivity index (χ1) is 12.9. The molecule has 1 heterocycles. The fourth-order valence-electron chi connectivity index (χ4n) is 4.60.